The number of likely N-dealkylation sites (tertiary alicyclic amines) is 1. The topological polar surface area (TPSA) is 29.3 Å². The van der Waals surface area contributed by atoms with E-state index in [1.807, 2.05) is 6.07 Å². The molecule has 3 unspecified atom stereocenters. The van der Waals surface area contributed by atoms with E-state index in [-0.39, 0.29) is 5.82 Å². The van der Waals surface area contributed by atoms with Crippen LogP contribution >= 0.6 is 0 Å². The molecule has 19 heavy (non-hydrogen) atoms. The van der Waals surface area contributed by atoms with Crippen molar-refractivity contribution >= 4 is 0 Å². The highest BCUT2D eigenvalue weighted by molar-refractivity contribution is 5.35. The lowest BCUT2D eigenvalue weighted by molar-refractivity contribution is 0.0738. The first-order valence-electron chi connectivity index (χ1n) is 7.43. The van der Waals surface area contributed by atoms with E-state index in [4.69, 9.17) is 5.73 Å². The fourth-order valence-corrected chi connectivity index (χ4v) is 3.77. The second-order valence-electron chi connectivity index (χ2n) is 6.09. The Morgan fingerprint density at radius 3 is 2.95 bits per heavy atom. The highest BCUT2D eigenvalue weighted by Crippen LogP contribution is 2.40. The summed E-state index contributed by atoms with van der Waals surface area (Å²) in [6.07, 6.45) is 4.38. The van der Waals surface area contributed by atoms with E-state index >= 15 is 0 Å². The second-order valence-corrected chi connectivity index (χ2v) is 6.09. The van der Waals surface area contributed by atoms with Crippen molar-refractivity contribution in [2.45, 2.75) is 44.7 Å². The van der Waals surface area contributed by atoms with Crippen LogP contribution in [0.5, 0.6) is 0 Å². The van der Waals surface area contributed by atoms with Crippen molar-refractivity contribution in [3.05, 3.63) is 35.1 Å². The van der Waals surface area contributed by atoms with E-state index in [1.165, 1.54) is 18.4 Å². The summed E-state index contributed by atoms with van der Waals surface area (Å²) >= 11 is 0. The Hall–Kier alpha value is -0.930. The van der Waals surface area contributed by atoms with Crippen molar-refractivity contribution in [3.63, 3.8) is 0 Å². The Balaban J connectivity index is 1.86. The van der Waals surface area contributed by atoms with Crippen LogP contribution in [-0.4, -0.2) is 24.0 Å². The largest absolute Gasteiger partial charge is 0.330 e. The molecule has 0 spiro atoms. The van der Waals surface area contributed by atoms with E-state index in [2.05, 4.69) is 17.9 Å². The Kier molecular flexibility index (Phi) is 3.59. The van der Waals surface area contributed by atoms with Gasteiger partial charge in [-0.05, 0) is 62.3 Å². The van der Waals surface area contributed by atoms with E-state index in [1.54, 1.807) is 6.07 Å². The number of piperidine rings is 1. The number of benzene rings is 1. The maximum atomic E-state index is 13.8. The maximum Gasteiger partial charge on any atom is 0.126 e. The zero-order valence-electron chi connectivity index (χ0n) is 11.6. The van der Waals surface area contributed by atoms with Gasteiger partial charge in [-0.25, -0.2) is 4.39 Å². The molecule has 2 N–H and O–H groups in total. The molecule has 1 aliphatic heterocycles. The van der Waals surface area contributed by atoms with Gasteiger partial charge in [0.05, 0.1) is 0 Å². The molecule has 2 aliphatic rings. The fourth-order valence-electron chi connectivity index (χ4n) is 3.77. The van der Waals surface area contributed by atoms with E-state index in [9.17, 15) is 4.39 Å². The van der Waals surface area contributed by atoms with Gasteiger partial charge in [-0.1, -0.05) is 12.1 Å². The van der Waals surface area contributed by atoms with Crippen molar-refractivity contribution in [3.8, 4) is 0 Å². The molecular weight excluding hydrogens is 239 g/mol. The van der Waals surface area contributed by atoms with Crippen LogP contribution in [-0.2, 0) is 6.42 Å². The summed E-state index contributed by atoms with van der Waals surface area (Å²) in [7, 11) is 0. The van der Waals surface area contributed by atoms with Gasteiger partial charge in [0, 0.05) is 18.6 Å². The number of halogens is 1. The van der Waals surface area contributed by atoms with E-state index in [0.717, 1.165) is 31.5 Å². The predicted octanol–water partition coefficient (Wildman–Crippen LogP) is 2.87. The third-order valence-corrected chi connectivity index (χ3v) is 4.94. The second kappa shape index (κ2) is 5.22. The molecule has 1 saturated heterocycles. The van der Waals surface area contributed by atoms with Crippen molar-refractivity contribution in [1.29, 1.82) is 0 Å². The maximum absolute atomic E-state index is 13.8. The van der Waals surface area contributed by atoms with Gasteiger partial charge in [0.25, 0.3) is 0 Å². The minimum absolute atomic E-state index is 0.0277. The van der Waals surface area contributed by atoms with Crippen LogP contribution in [0.3, 0.4) is 0 Å². The highest BCUT2D eigenvalue weighted by atomic mass is 19.1. The molecule has 1 aromatic rings. The Morgan fingerprint density at radius 2 is 2.16 bits per heavy atom. The SMILES string of the molecule is CC1CCC(CN)CN1C1CCc2c(F)cccc21. The van der Waals surface area contributed by atoms with Crippen LogP contribution in [0.25, 0.3) is 0 Å². The van der Waals surface area contributed by atoms with Gasteiger partial charge in [-0.2, -0.15) is 0 Å². The van der Waals surface area contributed by atoms with Crippen molar-refractivity contribution < 1.29 is 4.39 Å². The third kappa shape index (κ3) is 2.30. The lowest BCUT2D eigenvalue weighted by atomic mass is 9.91. The summed E-state index contributed by atoms with van der Waals surface area (Å²) in [6.45, 7) is 4.13. The normalized spacial score (nSPS) is 31.4. The number of hydrogen-bond acceptors (Lipinski definition) is 2. The molecular formula is C16H23FN2. The highest BCUT2D eigenvalue weighted by Gasteiger charge is 2.35. The molecule has 3 atom stereocenters. The van der Waals surface area contributed by atoms with Crippen LogP contribution in [0.4, 0.5) is 4.39 Å². The summed E-state index contributed by atoms with van der Waals surface area (Å²) in [4.78, 5) is 2.56. The van der Waals surface area contributed by atoms with Gasteiger partial charge in [0.2, 0.25) is 0 Å². The first-order valence-corrected chi connectivity index (χ1v) is 7.43. The average Bonchev–Trinajstić information content (AvgIpc) is 2.85. The summed E-state index contributed by atoms with van der Waals surface area (Å²) < 4.78 is 13.8. The molecule has 2 nitrogen and oxygen atoms in total. The van der Waals surface area contributed by atoms with Crippen molar-refractivity contribution in [2.75, 3.05) is 13.1 Å². The zero-order valence-corrected chi connectivity index (χ0v) is 11.6. The molecule has 0 saturated carbocycles. The van der Waals surface area contributed by atoms with Crippen molar-refractivity contribution in [2.24, 2.45) is 11.7 Å². The minimum atomic E-state index is -0.0277. The summed E-state index contributed by atoms with van der Waals surface area (Å²) in [6, 6.07) is 6.52. The molecule has 3 rings (SSSR count). The first kappa shape index (κ1) is 13.1. The first-order chi connectivity index (χ1) is 9.20. The van der Waals surface area contributed by atoms with Gasteiger partial charge >= 0.3 is 0 Å². The Labute approximate surface area is 114 Å². The lowest BCUT2D eigenvalue weighted by Gasteiger charge is -2.41. The Bertz CT molecular complexity index is 460. The molecule has 1 aliphatic carbocycles. The monoisotopic (exact) mass is 262 g/mol. The number of fused-ring (bicyclic) bond motifs is 1. The van der Waals surface area contributed by atoms with Gasteiger partial charge < -0.3 is 5.73 Å². The molecule has 3 heteroatoms. The summed E-state index contributed by atoms with van der Waals surface area (Å²) in [5.74, 6) is 0.578. The summed E-state index contributed by atoms with van der Waals surface area (Å²) in [5, 5.41) is 0. The molecule has 1 heterocycles. The van der Waals surface area contributed by atoms with Crippen LogP contribution in [0, 0.1) is 11.7 Å². The third-order valence-electron chi connectivity index (χ3n) is 4.94. The molecule has 1 aromatic carbocycles. The van der Waals surface area contributed by atoms with Gasteiger partial charge in [-0.15, -0.1) is 0 Å². The zero-order chi connectivity index (χ0) is 13.4. The number of rotatable bonds is 2. The molecule has 0 bridgehead atoms. The van der Waals surface area contributed by atoms with Crippen LogP contribution in [0.1, 0.15) is 43.4 Å². The molecule has 104 valence electrons. The van der Waals surface area contributed by atoms with Gasteiger partial charge in [0.1, 0.15) is 5.82 Å². The minimum Gasteiger partial charge on any atom is -0.330 e. The standard InChI is InChI=1S/C16H23FN2/c1-11-5-6-12(9-18)10-19(11)16-8-7-13-14(16)3-2-4-15(13)17/h2-4,11-12,16H,5-10,18H2,1H3. The predicted molar refractivity (Wildman–Crippen MR) is 75.4 cm³/mol. The lowest BCUT2D eigenvalue weighted by Crippen LogP contribution is -2.45. The number of nitrogens with two attached hydrogens (primary N) is 1. The van der Waals surface area contributed by atoms with Crippen LogP contribution < -0.4 is 5.73 Å². The molecule has 1 fully saturated rings. The molecule has 0 amide bonds. The summed E-state index contributed by atoms with van der Waals surface area (Å²) in [5.41, 5.74) is 7.99. The fraction of sp³-hybridized carbons (Fsp3) is 0.625. The van der Waals surface area contributed by atoms with Crippen molar-refractivity contribution in [1.82, 2.24) is 4.90 Å². The van der Waals surface area contributed by atoms with Gasteiger partial charge in [-0.3, -0.25) is 4.90 Å². The van der Waals surface area contributed by atoms with E-state index in [0.29, 0.717) is 18.0 Å². The van der Waals surface area contributed by atoms with Crippen LogP contribution in [0.2, 0.25) is 0 Å². The quantitative estimate of drug-likeness (QED) is 0.888. The molecule has 0 radical (unpaired) electrons. The smallest absolute Gasteiger partial charge is 0.126 e. The Morgan fingerprint density at radius 1 is 1.32 bits per heavy atom. The number of nitrogens with zero attached hydrogens (tertiary/aromatic N) is 1. The molecule has 0 aromatic heterocycles. The van der Waals surface area contributed by atoms with E-state index < -0.39 is 0 Å². The average molecular weight is 262 g/mol. The van der Waals surface area contributed by atoms with Gasteiger partial charge in [0.15, 0.2) is 0 Å². The van der Waals surface area contributed by atoms with Crippen LogP contribution in [0.15, 0.2) is 18.2 Å². The number of hydrogen-bond donors (Lipinski definition) is 1.